The van der Waals surface area contributed by atoms with E-state index in [-0.39, 0.29) is 11.3 Å². The number of anilines is 1. The topological polar surface area (TPSA) is 71.8 Å². The number of hydrogen-bond acceptors (Lipinski definition) is 4. The first kappa shape index (κ1) is 15.9. The second-order valence-corrected chi connectivity index (χ2v) is 6.95. The third-order valence-corrected chi connectivity index (χ3v) is 5.57. The summed E-state index contributed by atoms with van der Waals surface area (Å²) in [5.74, 6) is -0.114. The molecule has 0 saturated carbocycles. The van der Waals surface area contributed by atoms with E-state index in [9.17, 15) is 14.7 Å². The lowest BCUT2D eigenvalue weighted by atomic mass is 10.1. The van der Waals surface area contributed by atoms with E-state index in [4.69, 9.17) is 4.74 Å². The molecular weight excluding hydrogens is 344 g/mol. The second-order valence-electron chi connectivity index (χ2n) is 6.95. The molecule has 136 valence electrons. The molecule has 0 fully saturated rings. The van der Waals surface area contributed by atoms with Gasteiger partial charge in [0.05, 0.1) is 12.6 Å². The van der Waals surface area contributed by atoms with Crippen molar-refractivity contribution < 1.29 is 14.6 Å². The van der Waals surface area contributed by atoms with Crippen LogP contribution in [0.1, 0.15) is 21.5 Å². The number of hydrogen-bond donors (Lipinski definition) is 1. The molecule has 0 unspecified atom stereocenters. The highest BCUT2D eigenvalue weighted by Crippen LogP contribution is 2.37. The van der Waals surface area contributed by atoms with Crippen molar-refractivity contribution in [1.29, 1.82) is 0 Å². The van der Waals surface area contributed by atoms with Crippen molar-refractivity contribution in [2.24, 2.45) is 0 Å². The monoisotopic (exact) mass is 362 g/mol. The van der Waals surface area contributed by atoms with Crippen LogP contribution in [0.4, 0.5) is 5.69 Å². The van der Waals surface area contributed by atoms with Crippen molar-refractivity contribution >= 4 is 22.5 Å². The Bertz CT molecular complexity index is 1180. The van der Waals surface area contributed by atoms with Gasteiger partial charge in [0.2, 0.25) is 0 Å². The molecule has 1 N–H and O–H groups in total. The van der Waals surface area contributed by atoms with E-state index in [1.54, 1.807) is 22.6 Å². The summed E-state index contributed by atoms with van der Waals surface area (Å²) in [7, 11) is 1.56. The molecule has 2 aliphatic rings. The van der Waals surface area contributed by atoms with Crippen LogP contribution in [0.15, 0.2) is 41.2 Å². The number of rotatable bonds is 2. The molecule has 0 aliphatic carbocycles. The molecule has 27 heavy (non-hydrogen) atoms. The van der Waals surface area contributed by atoms with Gasteiger partial charge in [-0.05, 0) is 42.2 Å². The summed E-state index contributed by atoms with van der Waals surface area (Å²) in [6.07, 6.45) is 1.41. The van der Waals surface area contributed by atoms with Crippen LogP contribution in [0.25, 0.3) is 10.9 Å². The minimum absolute atomic E-state index is 0.166. The van der Waals surface area contributed by atoms with Crippen LogP contribution in [0, 0.1) is 0 Å². The van der Waals surface area contributed by atoms with Gasteiger partial charge < -0.3 is 19.3 Å². The molecule has 3 aromatic rings. The zero-order valence-electron chi connectivity index (χ0n) is 14.9. The van der Waals surface area contributed by atoms with Gasteiger partial charge in [-0.15, -0.1) is 0 Å². The van der Waals surface area contributed by atoms with Gasteiger partial charge in [-0.3, -0.25) is 9.59 Å². The molecular formula is C21H18N2O4. The number of ether oxygens (including phenoxy) is 1. The van der Waals surface area contributed by atoms with Crippen LogP contribution in [0.2, 0.25) is 0 Å². The van der Waals surface area contributed by atoms with E-state index in [2.05, 4.69) is 0 Å². The van der Waals surface area contributed by atoms with Crippen LogP contribution >= 0.6 is 0 Å². The Morgan fingerprint density at radius 1 is 1.11 bits per heavy atom. The van der Waals surface area contributed by atoms with Crippen molar-refractivity contribution in [3.8, 4) is 11.5 Å². The van der Waals surface area contributed by atoms with Gasteiger partial charge in [0.25, 0.3) is 11.5 Å². The maximum Gasteiger partial charge on any atom is 0.267 e. The fourth-order valence-corrected chi connectivity index (χ4v) is 4.27. The van der Waals surface area contributed by atoms with E-state index in [1.807, 2.05) is 30.3 Å². The number of aromatic nitrogens is 1. The smallest absolute Gasteiger partial charge is 0.267 e. The van der Waals surface area contributed by atoms with Gasteiger partial charge in [-0.2, -0.15) is 0 Å². The number of para-hydroxylation sites is 1. The molecule has 3 heterocycles. The van der Waals surface area contributed by atoms with E-state index >= 15 is 0 Å². The number of methoxy groups -OCH3 is 1. The van der Waals surface area contributed by atoms with Crippen LogP contribution in [0.5, 0.6) is 11.5 Å². The van der Waals surface area contributed by atoms with E-state index in [1.165, 1.54) is 0 Å². The van der Waals surface area contributed by atoms with Gasteiger partial charge in [0.15, 0.2) is 0 Å². The van der Waals surface area contributed by atoms with Crippen molar-refractivity contribution in [2.75, 3.05) is 18.6 Å². The summed E-state index contributed by atoms with van der Waals surface area (Å²) in [6, 6.07) is 11.2. The number of aryl methyl sites for hydroxylation is 2. The Morgan fingerprint density at radius 2 is 1.89 bits per heavy atom. The summed E-state index contributed by atoms with van der Waals surface area (Å²) < 4.78 is 6.92. The predicted molar refractivity (Wildman–Crippen MR) is 102 cm³/mol. The average Bonchev–Trinajstić information content (AvgIpc) is 3.30. The zero-order chi connectivity index (χ0) is 18.7. The van der Waals surface area contributed by atoms with E-state index < -0.39 is 11.5 Å². The Hall–Kier alpha value is -3.28. The summed E-state index contributed by atoms with van der Waals surface area (Å²) in [6.45, 7) is 0.993. The van der Waals surface area contributed by atoms with Crippen LogP contribution in [-0.2, 0) is 19.4 Å². The molecule has 0 atom stereocenters. The zero-order valence-corrected chi connectivity index (χ0v) is 14.9. The Kier molecular flexibility index (Phi) is 3.31. The molecule has 0 spiro atoms. The lowest BCUT2D eigenvalue weighted by Gasteiger charge is -2.19. The number of amides is 1. The molecule has 6 heteroatoms. The second kappa shape index (κ2) is 5.61. The number of carbonyl (C=O) groups is 1. The maximum atomic E-state index is 13.3. The van der Waals surface area contributed by atoms with Crippen molar-refractivity contribution in [2.45, 2.75) is 19.4 Å². The quantitative estimate of drug-likeness (QED) is 0.760. The van der Waals surface area contributed by atoms with E-state index in [0.29, 0.717) is 36.2 Å². The lowest BCUT2D eigenvalue weighted by molar-refractivity contribution is 0.0985. The maximum absolute atomic E-state index is 13.3. The molecule has 0 saturated heterocycles. The first-order valence-electron chi connectivity index (χ1n) is 8.96. The van der Waals surface area contributed by atoms with Crippen molar-refractivity contribution in [3.63, 3.8) is 0 Å². The third kappa shape index (κ3) is 2.13. The number of fused-ring (bicyclic) bond motifs is 1. The van der Waals surface area contributed by atoms with E-state index in [0.717, 1.165) is 23.2 Å². The first-order valence-corrected chi connectivity index (χ1v) is 8.96. The largest absolute Gasteiger partial charge is 0.506 e. The van der Waals surface area contributed by atoms with Gasteiger partial charge in [-0.25, -0.2) is 0 Å². The number of benzene rings is 2. The molecule has 2 aliphatic heterocycles. The Labute approximate surface area is 155 Å². The Balaban J connectivity index is 1.74. The van der Waals surface area contributed by atoms with Gasteiger partial charge >= 0.3 is 0 Å². The minimum atomic E-state index is -0.454. The molecule has 0 bridgehead atoms. The number of aromatic hydroxyl groups is 1. The lowest BCUT2D eigenvalue weighted by Crippen LogP contribution is -2.35. The minimum Gasteiger partial charge on any atom is -0.506 e. The summed E-state index contributed by atoms with van der Waals surface area (Å²) in [5.41, 5.74) is 2.91. The highest BCUT2D eigenvalue weighted by Gasteiger charge is 2.32. The van der Waals surface area contributed by atoms with Gasteiger partial charge in [0, 0.05) is 24.2 Å². The van der Waals surface area contributed by atoms with Crippen LogP contribution < -0.4 is 15.2 Å². The molecule has 2 aromatic carbocycles. The average molecular weight is 362 g/mol. The third-order valence-electron chi connectivity index (χ3n) is 5.57. The van der Waals surface area contributed by atoms with Gasteiger partial charge in [-0.1, -0.05) is 18.2 Å². The summed E-state index contributed by atoms with van der Waals surface area (Å²) in [5, 5.41) is 11.4. The van der Waals surface area contributed by atoms with Crippen molar-refractivity contribution in [1.82, 2.24) is 4.57 Å². The SMILES string of the molecule is COc1cc2c3c(c1)c(O)c(C(=O)N1CCc4ccccc41)c(=O)n3CC2. The highest BCUT2D eigenvalue weighted by molar-refractivity contribution is 6.11. The molecule has 1 aromatic heterocycles. The molecule has 1 amide bonds. The van der Waals surface area contributed by atoms with Crippen LogP contribution in [-0.4, -0.2) is 29.2 Å². The number of pyridine rings is 1. The predicted octanol–water partition coefficient (Wildman–Crippen LogP) is 2.47. The first-order chi connectivity index (χ1) is 13.1. The molecule has 6 nitrogen and oxygen atoms in total. The van der Waals surface area contributed by atoms with Crippen molar-refractivity contribution in [3.05, 3.63) is 63.4 Å². The summed E-state index contributed by atoms with van der Waals surface area (Å²) in [4.78, 5) is 27.9. The number of carbonyl (C=O) groups excluding carboxylic acids is 1. The molecule has 5 rings (SSSR count). The Morgan fingerprint density at radius 3 is 2.70 bits per heavy atom. The normalized spacial score (nSPS) is 14.6. The van der Waals surface area contributed by atoms with Crippen LogP contribution in [0.3, 0.4) is 0 Å². The highest BCUT2D eigenvalue weighted by atomic mass is 16.5. The fourth-order valence-electron chi connectivity index (χ4n) is 4.27. The standard InChI is InChI=1S/C21H18N2O4/c1-27-14-10-13-7-9-23-18(13)15(11-14)19(24)17(21(23)26)20(25)22-8-6-12-4-2-3-5-16(12)22/h2-5,10-11,24H,6-9H2,1H3. The fraction of sp³-hybridized carbons (Fsp3) is 0.238. The van der Waals surface area contributed by atoms with Gasteiger partial charge in [0.1, 0.15) is 17.1 Å². The summed E-state index contributed by atoms with van der Waals surface area (Å²) >= 11 is 0. The number of nitrogens with zero attached hydrogens (tertiary/aromatic N) is 2. The molecule has 0 radical (unpaired) electrons.